The lowest BCUT2D eigenvalue weighted by molar-refractivity contribution is 0.0981. The monoisotopic (exact) mass is 385 g/mol. The van der Waals surface area contributed by atoms with E-state index in [4.69, 9.17) is 0 Å². The number of anilines is 2. The minimum absolute atomic E-state index is 0.0643. The highest BCUT2D eigenvalue weighted by atomic mass is 16.2. The highest BCUT2D eigenvalue weighted by Gasteiger charge is 2.31. The average molecular weight is 385 g/mol. The number of para-hydroxylation sites is 1. The highest BCUT2D eigenvalue weighted by molar-refractivity contribution is 6.10. The summed E-state index contributed by atoms with van der Waals surface area (Å²) in [5.74, 6) is -0.428. The Hall–Kier alpha value is -3.47. The van der Waals surface area contributed by atoms with Crippen LogP contribution in [0.15, 0.2) is 67.0 Å². The molecule has 2 aromatic carbocycles. The van der Waals surface area contributed by atoms with Crippen LogP contribution in [0.2, 0.25) is 0 Å². The fourth-order valence-electron chi connectivity index (χ4n) is 3.72. The van der Waals surface area contributed by atoms with Gasteiger partial charge in [-0.1, -0.05) is 37.3 Å². The van der Waals surface area contributed by atoms with E-state index in [1.54, 1.807) is 11.0 Å². The number of aryl methyl sites for hydroxylation is 1. The van der Waals surface area contributed by atoms with Crippen molar-refractivity contribution in [3.05, 3.63) is 89.2 Å². The molecule has 1 N–H and O–H groups in total. The molecule has 1 aliphatic rings. The standard InChI is InChI=1S/C24H23N3O2/c1-3-17-8-10-21(11-9-17)26-23(28)19-13-20(15-25-14-19)24(29)27-16(2)12-18-6-4-5-7-22(18)27/h4-11,13-16H,3,12H2,1-2H3,(H,26,28). The van der Waals surface area contributed by atoms with E-state index in [0.717, 1.165) is 24.1 Å². The van der Waals surface area contributed by atoms with E-state index < -0.39 is 0 Å². The summed E-state index contributed by atoms with van der Waals surface area (Å²) in [5.41, 5.74) is 4.77. The third kappa shape index (κ3) is 3.76. The third-order valence-electron chi connectivity index (χ3n) is 5.29. The fourth-order valence-corrected chi connectivity index (χ4v) is 3.72. The number of nitrogens with one attached hydrogen (secondary N) is 1. The molecule has 4 rings (SSSR count). The lowest BCUT2D eigenvalue weighted by Crippen LogP contribution is -2.35. The molecule has 3 aromatic rings. The summed E-state index contributed by atoms with van der Waals surface area (Å²) in [6.07, 6.45) is 4.76. The quantitative estimate of drug-likeness (QED) is 0.720. The van der Waals surface area contributed by atoms with Crippen molar-refractivity contribution in [1.82, 2.24) is 4.98 Å². The molecular weight excluding hydrogens is 362 g/mol. The maximum atomic E-state index is 13.2. The van der Waals surface area contributed by atoms with E-state index >= 15 is 0 Å². The number of carbonyl (C=O) groups excluding carboxylic acids is 2. The van der Waals surface area contributed by atoms with Gasteiger partial charge in [0.1, 0.15) is 0 Å². The molecule has 29 heavy (non-hydrogen) atoms. The van der Waals surface area contributed by atoms with Gasteiger partial charge in [-0.15, -0.1) is 0 Å². The van der Waals surface area contributed by atoms with Crippen LogP contribution in [0, 0.1) is 0 Å². The summed E-state index contributed by atoms with van der Waals surface area (Å²) >= 11 is 0. The zero-order valence-electron chi connectivity index (χ0n) is 16.6. The molecule has 5 nitrogen and oxygen atoms in total. The number of benzene rings is 2. The van der Waals surface area contributed by atoms with Gasteiger partial charge in [-0.25, -0.2) is 0 Å². The highest BCUT2D eigenvalue weighted by Crippen LogP contribution is 2.33. The van der Waals surface area contributed by atoms with Gasteiger partial charge in [-0.05, 0) is 55.2 Å². The number of carbonyl (C=O) groups is 2. The Bertz CT molecular complexity index is 1060. The van der Waals surface area contributed by atoms with Crippen LogP contribution in [0.3, 0.4) is 0 Å². The van der Waals surface area contributed by atoms with Gasteiger partial charge in [-0.2, -0.15) is 0 Å². The molecule has 146 valence electrons. The van der Waals surface area contributed by atoms with Gasteiger partial charge >= 0.3 is 0 Å². The smallest absolute Gasteiger partial charge is 0.260 e. The predicted molar refractivity (Wildman–Crippen MR) is 114 cm³/mol. The molecular formula is C24H23N3O2. The van der Waals surface area contributed by atoms with Gasteiger partial charge in [0, 0.05) is 29.8 Å². The molecule has 1 unspecified atom stereocenters. The Balaban J connectivity index is 1.55. The van der Waals surface area contributed by atoms with Crippen LogP contribution in [0.5, 0.6) is 0 Å². The maximum Gasteiger partial charge on any atom is 0.260 e. The maximum absolute atomic E-state index is 13.2. The van der Waals surface area contributed by atoms with Gasteiger partial charge in [0.05, 0.1) is 11.1 Å². The van der Waals surface area contributed by atoms with E-state index in [1.165, 1.54) is 18.0 Å². The first-order valence-electron chi connectivity index (χ1n) is 9.83. The largest absolute Gasteiger partial charge is 0.322 e. The van der Waals surface area contributed by atoms with E-state index in [2.05, 4.69) is 17.2 Å². The lowest BCUT2D eigenvalue weighted by atomic mass is 10.1. The molecule has 0 aliphatic carbocycles. The van der Waals surface area contributed by atoms with Crippen molar-refractivity contribution >= 4 is 23.2 Å². The van der Waals surface area contributed by atoms with Crippen molar-refractivity contribution < 1.29 is 9.59 Å². The second kappa shape index (κ2) is 7.87. The average Bonchev–Trinajstić information content (AvgIpc) is 3.09. The zero-order chi connectivity index (χ0) is 20.4. The number of pyridine rings is 1. The van der Waals surface area contributed by atoms with Crippen LogP contribution in [0.25, 0.3) is 0 Å². The van der Waals surface area contributed by atoms with Crippen molar-refractivity contribution in [2.75, 3.05) is 10.2 Å². The molecule has 1 aromatic heterocycles. The summed E-state index contributed by atoms with van der Waals surface area (Å²) in [4.78, 5) is 31.8. The summed E-state index contributed by atoms with van der Waals surface area (Å²) in [7, 11) is 0. The Kier molecular flexibility index (Phi) is 5.12. The molecule has 1 aliphatic heterocycles. The topological polar surface area (TPSA) is 62.3 Å². The molecule has 1 atom stereocenters. The molecule has 0 saturated carbocycles. The van der Waals surface area contributed by atoms with Crippen molar-refractivity contribution in [2.24, 2.45) is 0 Å². The minimum atomic E-state index is -0.286. The number of rotatable bonds is 4. The summed E-state index contributed by atoms with van der Waals surface area (Å²) in [6.45, 7) is 4.11. The van der Waals surface area contributed by atoms with Crippen molar-refractivity contribution in [1.29, 1.82) is 0 Å². The van der Waals surface area contributed by atoms with Gasteiger partial charge in [-0.3, -0.25) is 14.6 Å². The van der Waals surface area contributed by atoms with E-state index in [-0.39, 0.29) is 17.9 Å². The number of amides is 2. The van der Waals surface area contributed by atoms with Crippen molar-refractivity contribution in [3.8, 4) is 0 Å². The first-order chi connectivity index (χ1) is 14.1. The second-order valence-corrected chi connectivity index (χ2v) is 7.32. The van der Waals surface area contributed by atoms with E-state index in [0.29, 0.717) is 16.8 Å². The molecule has 0 spiro atoms. The summed E-state index contributed by atoms with van der Waals surface area (Å²) < 4.78 is 0. The Morgan fingerprint density at radius 3 is 2.55 bits per heavy atom. The van der Waals surface area contributed by atoms with Crippen LogP contribution in [0.4, 0.5) is 11.4 Å². The van der Waals surface area contributed by atoms with Gasteiger partial charge in [0.15, 0.2) is 0 Å². The number of aromatic nitrogens is 1. The molecule has 0 bridgehead atoms. The van der Waals surface area contributed by atoms with Crippen molar-refractivity contribution in [2.45, 2.75) is 32.7 Å². The lowest BCUT2D eigenvalue weighted by Gasteiger charge is -2.22. The second-order valence-electron chi connectivity index (χ2n) is 7.32. The Labute approximate surface area is 170 Å². The third-order valence-corrected chi connectivity index (χ3v) is 5.29. The fraction of sp³-hybridized carbons (Fsp3) is 0.208. The van der Waals surface area contributed by atoms with Gasteiger partial charge in [0.2, 0.25) is 0 Å². The zero-order valence-corrected chi connectivity index (χ0v) is 16.6. The van der Waals surface area contributed by atoms with Crippen molar-refractivity contribution in [3.63, 3.8) is 0 Å². The van der Waals surface area contributed by atoms with Crippen LogP contribution < -0.4 is 10.2 Å². The molecule has 2 amide bonds. The van der Waals surface area contributed by atoms with Gasteiger partial charge < -0.3 is 10.2 Å². The number of hydrogen-bond acceptors (Lipinski definition) is 3. The predicted octanol–water partition coefficient (Wildman–Crippen LogP) is 4.49. The summed E-state index contributed by atoms with van der Waals surface area (Å²) in [6, 6.07) is 17.3. The van der Waals surface area contributed by atoms with E-state index in [1.807, 2.05) is 55.5 Å². The number of nitrogens with zero attached hydrogens (tertiary/aromatic N) is 2. The van der Waals surface area contributed by atoms with Crippen LogP contribution >= 0.6 is 0 Å². The minimum Gasteiger partial charge on any atom is -0.322 e. The molecule has 0 fully saturated rings. The van der Waals surface area contributed by atoms with Crippen LogP contribution in [0.1, 0.15) is 45.7 Å². The number of hydrogen-bond donors (Lipinski definition) is 1. The molecule has 2 heterocycles. The molecule has 5 heteroatoms. The first-order valence-corrected chi connectivity index (χ1v) is 9.83. The molecule has 0 saturated heterocycles. The molecule has 0 radical (unpaired) electrons. The van der Waals surface area contributed by atoms with Gasteiger partial charge in [0.25, 0.3) is 11.8 Å². The Morgan fingerprint density at radius 2 is 1.79 bits per heavy atom. The first kappa shape index (κ1) is 18.9. The number of fused-ring (bicyclic) bond motifs is 1. The Morgan fingerprint density at radius 1 is 1.07 bits per heavy atom. The SMILES string of the molecule is CCc1ccc(NC(=O)c2cncc(C(=O)N3c4ccccc4CC3C)c2)cc1. The van der Waals surface area contributed by atoms with Crippen LogP contribution in [-0.2, 0) is 12.8 Å². The van der Waals surface area contributed by atoms with E-state index in [9.17, 15) is 9.59 Å². The summed E-state index contributed by atoms with van der Waals surface area (Å²) in [5, 5.41) is 2.87. The normalized spacial score (nSPS) is 15.1. The van der Waals surface area contributed by atoms with Crippen LogP contribution in [-0.4, -0.2) is 22.8 Å².